The van der Waals surface area contributed by atoms with Crippen LogP contribution in [0.5, 0.6) is 5.75 Å². The zero-order valence-corrected chi connectivity index (χ0v) is 16.1. The number of aryl methyl sites for hydroxylation is 1. The summed E-state index contributed by atoms with van der Waals surface area (Å²) in [6.07, 6.45) is 1.98. The first kappa shape index (κ1) is 18.4. The summed E-state index contributed by atoms with van der Waals surface area (Å²) in [5.41, 5.74) is 1.46. The maximum absolute atomic E-state index is 12.6. The van der Waals surface area contributed by atoms with Gasteiger partial charge in [-0.2, -0.15) is 5.10 Å². The molecule has 0 saturated carbocycles. The van der Waals surface area contributed by atoms with Crippen LogP contribution >= 0.6 is 0 Å². The van der Waals surface area contributed by atoms with E-state index in [1.54, 1.807) is 4.68 Å². The molecule has 2 aromatic rings. The minimum Gasteiger partial charge on any atom is -0.490 e. The van der Waals surface area contributed by atoms with Crippen molar-refractivity contribution in [2.45, 2.75) is 19.4 Å². The van der Waals surface area contributed by atoms with E-state index < -0.39 is 0 Å². The van der Waals surface area contributed by atoms with Crippen molar-refractivity contribution < 1.29 is 14.3 Å². The number of nitrogens with zero attached hydrogens (tertiary/aromatic N) is 5. The lowest BCUT2D eigenvalue weighted by atomic mass is 10.1. The van der Waals surface area contributed by atoms with E-state index in [4.69, 9.17) is 4.74 Å². The minimum absolute atomic E-state index is 0.0145. The molecular weight excluding hydrogens is 360 g/mol. The Morgan fingerprint density at radius 1 is 1.36 bits per heavy atom. The van der Waals surface area contributed by atoms with Crippen molar-refractivity contribution in [1.29, 1.82) is 0 Å². The standard InChI is InChI=1S/C19H24N6O3/c1-3-18(27)25-7-6-24-10-17(26)22-15-8-13(19-20-12-21-23(19)2)4-5-16(15)28-11-14(24)9-25/h4-5,8,12,14H,3,6-7,9-11H2,1-2H3,(H,22,26)/t14-/m1/s1. The molecule has 0 aliphatic carbocycles. The predicted octanol–water partition coefficient (Wildman–Crippen LogP) is 0.736. The van der Waals surface area contributed by atoms with Crippen LogP contribution < -0.4 is 10.1 Å². The molecule has 9 heteroatoms. The van der Waals surface area contributed by atoms with Gasteiger partial charge in [0.25, 0.3) is 0 Å². The van der Waals surface area contributed by atoms with E-state index in [9.17, 15) is 9.59 Å². The molecule has 0 bridgehead atoms. The molecule has 2 aliphatic rings. The van der Waals surface area contributed by atoms with Gasteiger partial charge in [-0.15, -0.1) is 0 Å². The number of aromatic nitrogens is 3. The van der Waals surface area contributed by atoms with Gasteiger partial charge in [0.15, 0.2) is 5.82 Å². The Morgan fingerprint density at radius 3 is 2.96 bits per heavy atom. The summed E-state index contributed by atoms with van der Waals surface area (Å²) in [6, 6.07) is 5.58. The van der Waals surface area contributed by atoms with Gasteiger partial charge < -0.3 is 15.0 Å². The number of piperazine rings is 1. The topological polar surface area (TPSA) is 92.6 Å². The van der Waals surface area contributed by atoms with Crippen LogP contribution in [0.1, 0.15) is 13.3 Å². The van der Waals surface area contributed by atoms with Crippen LogP contribution in [0.2, 0.25) is 0 Å². The summed E-state index contributed by atoms with van der Waals surface area (Å²) in [7, 11) is 1.82. The van der Waals surface area contributed by atoms with E-state index >= 15 is 0 Å². The van der Waals surface area contributed by atoms with Crippen molar-refractivity contribution in [1.82, 2.24) is 24.6 Å². The van der Waals surface area contributed by atoms with Gasteiger partial charge >= 0.3 is 0 Å². The molecule has 1 fully saturated rings. The first-order valence-electron chi connectivity index (χ1n) is 9.48. The zero-order valence-electron chi connectivity index (χ0n) is 16.1. The third-order valence-electron chi connectivity index (χ3n) is 5.26. The molecule has 1 aromatic carbocycles. The third-order valence-corrected chi connectivity index (χ3v) is 5.26. The molecule has 0 radical (unpaired) electrons. The molecule has 1 aromatic heterocycles. The van der Waals surface area contributed by atoms with E-state index in [1.165, 1.54) is 6.33 Å². The lowest BCUT2D eigenvalue weighted by Gasteiger charge is -2.40. The van der Waals surface area contributed by atoms with Gasteiger partial charge in [0.05, 0.1) is 18.3 Å². The Labute approximate surface area is 163 Å². The number of hydrogen-bond acceptors (Lipinski definition) is 6. The maximum Gasteiger partial charge on any atom is 0.238 e. The van der Waals surface area contributed by atoms with Crippen LogP contribution in [-0.2, 0) is 16.6 Å². The normalized spacial score (nSPS) is 20.1. The Balaban J connectivity index is 1.58. The number of carbonyl (C=O) groups is 2. The average Bonchev–Trinajstić information content (AvgIpc) is 3.14. The van der Waals surface area contributed by atoms with Gasteiger partial charge in [0.2, 0.25) is 11.8 Å². The maximum atomic E-state index is 12.6. The molecule has 0 unspecified atom stereocenters. The van der Waals surface area contributed by atoms with Gasteiger partial charge in [0, 0.05) is 38.7 Å². The van der Waals surface area contributed by atoms with E-state index in [0.717, 1.165) is 5.56 Å². The van der Waals surface area contributed by atoms with Crippen molar-refractivity contribution in [3.05, 3.63) is 24.5 Å². The van der Waals surface area contributed by atoms with E-state index in [-0.39, 0.29) is 24.4 Å². The number of hydrogen-bond donors (Lipinski definition) is 1. The Morgan fingerprint density at radius 2 is 2.21 bits per heavy atom. The molecule has 3 heterocycles. The van der Waals surface area contributed by atoms with Crippen LogP contribution in [0, 0.1) is 0 Å². The number of anilines is 1. The minimum atomic E-state index is -0.0952. The van der Waals surface area contributed by atoms with Gasteiger partial charge in [-0.1, -0.05) is 6.92 Å². The Hall–Kier alpha value is -2.94. The number of benzene rings is 1. The highest BCUT2D eigenvalue weighted by Crippen LogP contribution is 2.31. The number of amides is 2. The molecule has 28 heavy (non-hydrogen) atoms. The molecule has 2 aliphatic heterocycles. The number of nitrogens with one attached hydrogen (secondary N) is 1. The Bertz CT molecular complexity index is 896. The second-order valence-corrected chi connectivity index (χ2v) is 7.09. The average molecular weight is 384 g/mol. The largest absolute Gasteiger partial charge is 0.490 e. The lowest BCUT2D eigenvalue weighted by Crippen LogP contribution is -2.57. The SMILES string of the molecule is CCC(=O)N1CCN2CC(=O)Nc3cc(-c4ncnn4C)ccc3OC[C@H]2C1. The van der Waals surface area contributed by atoms with Crippen molar-refractivity contribution >= 4 is 17.5 Å². The van der Waals surface area contributed by atoms with Crippen LogP contribution in [0.15, 0.2) is 24.5 Å². The summed E-state index contributed by atoms with van der Waals surface area (Å²) < 4.78 is 7.73. The number of carbonyl (C=O) groups excluding carboxylic acids is 2. The summed E-state index contributed by atoms with van der Waals surface area (Å²) >= 11 is 0. The fourth-order valence-electron chi connectivity index (χ4n) is 3.72. The van der Waals surface area contributed by atoms with Crippen molar-refractivity contribution in [3.8, 4) is 17.1 Å². The van der Waals surface area contributed by atoms with Crippen LogP contribution in [-0.4, -0.2) is 75.2 Å². The molecule has 2 amide bonds. The fraction of sp³-hybridized carbons (Fsp3) is 0.474. The van der Waals surface area contributed by atoms with Gasteiger partial charge in [0.1, 0.15) is 18.7 Å². The molecule has 1 saturated heterocycles. The number of ether oxygens (including phenoxy) is 1. The van der Waals surface area contributed by atoms with Gasteiger partial charge in [-0.3, -0.25) is 14.5 Å². The van der Waals surface area contributed by atoms with Crippen molar-refractivity contribution in [3.63, 3.8) is 0 Å². The first-order chi connectivity index (χ1) is 13.5. The molecule has 148 valence electrons. The first-order valence-corrected chi connectivity index (χ1v) is 9.48. The lowest BCUT2D eigenvalue weighted by molar-refractivity contribution is -0.134. The monoisotopic (exact) mass is 384 g/mol. The number of rotatable bonds is 2. The summed E-state index contributed by atoms with van der Waals surface area (Å²) in [5, 5.41) is 7.05. The molecular formula is C19H24N6O3. The summed E-state index contributed by atoms with van der Waals surface area (Å²) in [4.78, 5) is 32.9. The van der Waals surface area contributed by atoms with Crippen molar-refractivity contribution in [2.24, 2.45) is 7.05 Å². The third kappa shape index (κ3) is 3.57. The van der Waals surface area contributed by atoms with E-state index in [1.807, 2.05) is 37.1 Å². The number of fused-ring (bicyclic) bond motifs is 2. The van der Waals surface area contributed by atoms with Gasteiger partial charge in [-0.25, -0.2) is 9.67 Å². The molecule has 9 nitrogen and oxygen atoms in total. The second kappa shape index (κ2) is 7.59. The van der Waals surface area contributed by atoms with Crippen LogP contribution in [0.25, 0.3) is 11.4 Å². The smallest absolute Gasteiger partial charge is 0.238 e. The highest BCUT2D eigenvalue weighted by atomic mass is 16.5. The van der Waals surface area contributed by atoms with Crippen molar-refractivity contribution in [2.75, 3.05) is 38.1 Å². The fourth-order valence-corrected chi connectivity index (χ4v) is 3.72. The van der Waals surface area contributed by atoms with E-state index in [0.29, 0.717) is 49.9 Å². The highest BCUT2D eigenvalue weighted by Gasteiger charge is 2.32. The molecule has 4 rings (SSSR count). The highest BCUT2D eigenvalue weighted by molar-refractivity contribution is 5.94. The van der Waals surface area contributed by atoms with E-state index in [2.05, 4.69) is 20.3 Å². The Kier molecular flexibility index (Phi) is 4.99. The molecule has 0 spiro atoms. The van der Waals surface area contributed by atoms with Crippen LogP contribution in [0.3, 0.4) is 0 Å². The summed E-state index contributed by atoms with van der Waals surface area (Å²) in [5.74, 6) is 1.36. The predicted molar refractivity (Wildman–Crippen MR) is 103 cm³/mol. The second-order valence-electron chi connectivity index (χ2n) is 7.09. The zero-order chi connectivity index (χ0) is 19.7. The molecule has 1 atom stereocenters. The van der Waals surface area contributed by atoms with Gasteiger partial charge in [-0.05, 0) is 18.2 Å². The molecule has 1 N–H and O–H groups in total. The summed E-state index contributed by atoms with van der Waals surface area (Å²) in [6.45, 7) is 4.43. The van der Waals surface area contributed by atoms with Crippen LogP contribution in [0.4, 0.5) is 5.69 Å². The quantitative estimate of drug-likeness (QED) is 0.821.